The molecule has 1 rings (SSSR count). The average Bonchev–Trinajstić information content (AvgIpc) is 2.28. The normalized spacial score (nSPS) is 11.0. The minimum atomic E-state index is -0.530. The minimum absolute atomic E-state index is 0.482. The molecule has 6 heteroatoms. The van der Waals surface area contributed by atoms with Gasteiger partial charge in [-0.1, -0.05) is 6.07 Å². The van der Waals surface area contributed by atoms with E-state index in [1.54, 1.807) is 19.2 Å². The van der Waals surface area contributed by atoms with E-state index in [2.05, 4.69) is 10.7 Å². The van der Waals surface area contributed by atoms with Crippen LogP contribution in [-0.4, -0.2) is 18.8 Å². The standard InChI is InChI=1S/C13H21N3O3/c1-13(2,3)19-12(17)16-10-6-5-9(8-15-14)11(7-10)18-4/h5-7,15H,8,14H2,1-4H3,(H,16,17). The lowest BCUT2D eigenvalue weighted by Crippen LogP contribution is -2.27. The van der Waals surface area contributed by atoms with Crippen LogP contribution in [0.3, 0.4) is 0 Å². The molecule has 0 aromatic heterocycles. The second kappa shape index (κ2) is 6.40. The fourth-order valence-corrected chi connectivity index (χ4v) is 1.50. The van der Waals surface area contributed by atoms with Crippen molar-refractivity contribution in [3.8, 4) is 5.75 Å². The molecule has 0 unspecified atom stereocenters. The number of anilines is 1. The molecule has 0 bridgehead atoms. The van der Waals surface area contributed by atoms with Crippen molar-refractivity contribution in [2.75, 3.05) is 12.4 Å². The SMILES string of the molecule is COc1cc(NC(=O)OC(C)(C)C)ccc1CNN. The van der Waals surface area contributed by atoms with Crippen LogP contribution in [0, 0.1) is 0 Å². The van der Waals surface area contributed by atoms with Crippen molar-refractivity contribution in [1.29, 1.82) is 0 Å². The van der Waals surface area contributed by atoms with Crippen LogP contribution in [0.1, 0.15) is 26.3 Å². The summed E-state index contributed by atoms with van der Waals surface area (Å²) in [5, 5.41) is 2.65. The van der Waals surface area contributed by atoms with Crippen molar-refractivity contribution in [2.24, 2.45) is 5.84 Å². The van der Waals surface area contributed by atoms with E-state index in [9.17, 15) is 4.79 Å². The smallest absolute Gasteiger partial charge is 0.412 e. The Morgan fingerprint density at radius 2 is 2.05 bits per heavy atom. The van der Waals surface area contributed by atoms with Crippen LogP contribution < -0.4 is 21.3 Å². The number of hydrazine groups is 1. The number of methoxy groups -OCH3 is 1. The molecule has 4 N–H and O–H groups in total. The summed E-state index contributed by atoms with van der Waals surface area (Å²) in [7, 11) is 1.56. The summed E-state index contributed by atoms with van der Waals surface area (Å²) >= 11 is 0. The number of rotatable bonds is 4. The number of amides is 1. The van der Waals surface area contributed by atoms with Gasteiger partial charge in [-0.25, -0.2) is 4.79 Å². The van der Waals surface area contributed by atoms with Gasteiger partial charge in [0.15, 0.2) is 0 Å². The molecular weight excluding hydrogens is 246 g/mol. The molecule has 0 atom stereocenters. The Morgan fingerprint density at radius 1 is 1.37 bits per heavy atom. The van der Waals surface area contributed by atoms with E-state index in [-0.39, 0.29) is 0 Å². The van der Waals surface area contributed by atoms with Crippen molar-refractivity contribution < 1.29 is 14.3 Å². The topological polar surface area (TPSA) is 85.6 Å². The van der Waals surface area contributed by atoms with Crippen LogP contribution in [0.4, 0.5) is 10.5 Å². The zero-order chi connectivity index (χ0) is 14.5. The Balaban J connectivity index is 2.77. The summed E-state index contributed by atoms with van der Waals surface area (Å²) < 4.78 is 10.4. The summed E-state index contributed by atoms with van der Waals surface area (Å²) in [6.45, 7) is 5.91. The number of nitrogens with two attached hydrogens (primary N) is 1. The second-order valence-electron chi connectivity index (χ2n) is 5.03. The molecule has 106 valence electrons. The zero-order valence-electron chi connectivity index (χ0n) is 11.7. The Bertz CT molecular complexity index is 441. The van der Waals surface area contributed by atoms with E-state index in [1.165, 1.54) is 0 Å². The highest BCUT2D eigenvalue weighted by atomic mass is 16.6. The summed E-state index contributed by atoms with van der Waals surface area (Å²) in [5.74, 6) is 5.92. The number of carbonyl (C=O) groups excluding carboxylic acids is 1. The number of benzene rings is 1. The molecule has 0 aliphatic rings. The highest BCUT2D eigenvalue weighted by Gasteiger charge is 2.16. The maximum Gasteiger partial charge on any atom is 0.412 e. The molecule has 1 amide bonds. The fourth-order valence-electron chi connectivity index (χ4n) is 1.50. The third kappa shape index (κ3) is 5.15. The molecule has 1 aromatic rings. The van der Waals surface area contributed by atoms with Crippen LogP contribution in [0.15, 0.2) is 18.2 Å². The van der Waals surface area contributed by atoms with Crippen molar-refractivity contribution in [2.45, 2.75) is 32.9 Å². The molecule has 0 radical (unpaired) electrons. The quantitative estimate of drug-likeness (QED) is 0.574. The lowest BCUT2D eigenvalue weighted by Gasteiger charge is -2.20. The van der Waals surface area contributed by atoms with E-state index in [0.29, 0.717) is 18.0 Å². The van der Waals surface area contributed by atoms with Crippen molar-refractivity contribution in [3.63, 3.8) is 0 Å². The molecule has 1 aromatic carbocycles. The number of carbonyl (C=O) groups is 1. The van der Waals surface area contributed by atoms with Crippen molar-refractivity contribution >= 4 is 11.8 Å². The first-order chi connectivity index (χ1) is 8.85. The molecular formula is C13H21N3O3. The second-order valence-corrected chi connectivity index (χ2v) is 5.03. The van der Waals surface area contributed by atoms with Gasteiger partial charge in [0.2, 0.25) is 0 Å². The molecule has 0 aliphatic carbocycles. The average molecular weight is 267 g/mol. The van der Waals surface area contributed by atoms with Crippen LogP contribution >= 0.6 is 0 Å². The first kappa shape index (κ1) is 15.3. The zero-order valence-corrected chi connectivity index (χ0v) is 11.7. The van der Waals surface area contributed by atoms with Crippen molar-refractivity contribution in [1.82, 2.24) is 5.43 Å². The van der Waals surface area contributed by atoms with E-state index >= 15 is 0 Å². The summed E-state index contributed by atoms with van der Waals surface area (Å²) in [5.41, 5.74) is 3.53. The molecule has 0 aliphatic heterocycles. The van der Waals surface area contributed by atoms with Gasteiger partial charge in [0.25, 0.3) is 0 Å². The van der Waals surface area contributed by atoms with E-state index < -0.39 is 11.7 Å². The maximum absolute atomic E-state index is 11.6. The van der Waals surface area contributed by atoms with Crippen LogP contribution in [0.5, 0.6) is 5.75 Å². The summed E-state index contributed by atoms with van der Waals surface area (Å²) in [4.78, 5) is 11.6. The monoisotopic (exact) mass is 267 g/mol. The predicted molar refractivity (Wildman–Crippen MR) is 73.9 cm³/mol. The van der Waals surface area contributed by atoms with Gasteiger partial charge in [-0.05, 0) is 26.8 Å². The maximum atomic E-state index is 11.6. The predicted octanol–water partition coefficient (Wildman–Crippen LogP) is 2.01. The molecule has 19 heavy (non-hydrogen) atoms. The molecule has 6 nitrogen and oxygen atoms in total. The highest BCUT2D eigenvalue weighted by molar-refractivity contribution is 5.85. The fraction of sp³-hybridized carbons (Fsp3) is 0.462. The Kier molecular flexibility index (Phi) is 5.14. The van der Waals surface area contributed by atoms with E-state index in [1.807, 2.05) is 26.8 Å². The number of hydrogen-bond acceptors (Lipinski definition) is 5. The van der Waals surface area contributed by atoms with E-state index in [0.717, 1.165) is 5.56 Å². The number of hydrogen-bond donors (Lipinski definition) is 3. The van der Waals surface area contributed by atoms with Crippen LogP contribution in [-0.2, 0) is 11.3 Å². The summed E-state index contributed by atoms with van der Waals surface area (Å²) in [6.07, 6.45) is -0.501. The third-order valence-corrected chi connectivity index (χ3v) is 2.22. The van der Waals surface area contributed by atoms with Gasteiger partial charge in [0.1, 0.15) is 11.4 Å². The number of nitrogens with one attached hydrogen (secondary N) is 2. The van der Waals surface area contributed by atoms with Crippen molar-refractivity contribution in [3.05, 3.63) is 23.8 Å². The highest BCUT2D eigenvalue weighted by Crippen LogP contribution is 2.23. The van der Waals surface area contributed by atoms with E-state index in [4.69, 9.17) is 15.3 Å². The first-order valence-corrected chi connectivity index (χ1v) is 5.96. The first-order valence-electron chi connectivity index (χ1n) is 5.96. The van der Waals surface area contributed by atoms with Gasteiger partial charge < -0.3 is 9.47 Å². The number of ether oxygens (including phenoxy) is 2. The molecule has 0 heterocycles. The minimum Gasteiger partial charge on any atom is -0.496 e. The van der Waals surface area contributed by atoms with Gasteiger partial charge in [0.05, 0.1) is 7.11 Å². The Labute approximate surface area is 113 Å². The lowest BCUT2D eigenvalue weighted by molar-refractivity contribution is 0.0636. The third-order valence-electron chi connectivity index (χ3n) is 2.22. The van der Waals surface area contributed by atoms with Crippen LogP contribution in [0.2, 0.25) is 0 Å². The largest absolute Gasteiger partial charge is 0.496 e. The Morgan fingerprint density at radius 3 is 2.58 bits per heavy atom. The van der Waals surface area contributed by atoms with Gasteiger partial charge in [-0.3, -0.25) is 16.6 Å². The molecule has 0 saturated heterocycles. The Hall–Kier alpha value is -1.79. The van der Waals surface area contributed by atoms with Gasteiger partial charge in [-0.15, -0.1) is 0 Å². The van der Waals surface area contributed by atoms with Gasteiger partial charge in [0, 0.05) is 23.9 Å². The molecule has 0 fully saturated rings. The molecule has 0 saturated carbocycles. The molecule has 0 spiro atoms. The summed E-state index contributed by atoms with van der Waals surface area (Å²) in [6, 6.07) is 5.31. The van der Waals surface area contributed by atoms with Crippen LogP contribution in [0.25, 0.3) is 0 Å². The van der Waals surface area contributed by atoms with Gasteiger partial charge in [-0.2, -0.15) is 0 Å². The lowest BCUT2D eigenvalue weighted by atomic mass is 10.2. The van der Waals surface area contributed by atoms with Gasteiger partial charge >= 0.3 is 6.09 Å².